The molecule has 0 heterocycles. The summed E-state index contributed by atoms with van der Waals surface area (Å²) in [5.41, 5.74) is 6.30. The van der Waals surface area contributed by atoms with Crippen molar-refractivity contribution in [1.82, 2.24) is 0 Å². The molecule has 0 radical (unpaired) electrons. The van der Waals surface area contributed by atoms with Crippen molar-refractivity contribution in [2.45, 2.75) is 220 Å². The smallest absolute Gasteiger partial charge is 0.00773 e. The lowest BCUT2D eigenvalue weighted by molar-refractivity contribution is 0.171. The third kappa shape index (κ3) is 26.0. The van der Waals surface area contributed by atoms with Gasteiger partial charge in [-0.15, -0.1) is 0 Å². The van der Waals surface area contributed by atoms with Crippen molar-refractivity contribution < 1.29 is 0 Å². The van der Waals surface area contributed by atoms with Crippen LogP contribution in [0.15, 0.2) is 0 Å². The number of hydrogen-bond acceptors (Lipinski definition) is 1. The van der Waals surface area contributed by atoms with Crippen molar-refractivity contribution in [3.8, 4) is 0 Å². The first-order chi connectivity index (χ1) is 18.2. The van der Waals surface area contributed by atoms with Crippen LogP contribution in [-0.2, 0) is 0 Å². The van der Waals surface area contributed by atoms with Gasteiger partial charge >= 0.3 is 0 Å². The van der Waals surface area contributed by atoms with Crippen molar-refractivity contribution >= 4 is 0 Å². The Labute approximate surface area is 237 Å². The van der Waals surface area contributed by atoms with Crippen LogP contribution in [0.5, 0.6) is 0 Å². The number of rotatable bonds is 32. The van der Waals surface area contributed by atoms with Gasteiger partial charge in [0.15, 0.2) is 0 Å². The Balaban J connectivity index is 4.69. The highest BCUT2D eigenvalue weighted by atomic mass is 14.5. The topological polar surface area (TPSA) is 26.0 Å². The van der Waals surface area contributed by atoms with E-state index in [0.29, 0.717) is 5.41 Å². The van der Waals surface area contributed by atoms with Crippen LogP contribution in [0.2, 0.25) is 0 Å². The summed E-state index contributed by atoms with van der Waals surface area (Å²) in [6.07, 6.45) is 45.1. The second kappa shape index (κ2) is 30.5. The molecule has 0 bridgehead atoms. The summed E-state index contributed by atoms with van der Waals surface area (Å²) in [7, 11) is 0. The van der Waals surface area contributed by atoms with Crippen LogP contribution in [0.3, 0.4) is 0 Å². The van der Waals surface area contributed by atoms with E-state index < -0.39 is 0 Å². The van der Waals surface area contributed by atoms with Gasteiger partial charge in [-0.2, -0.15) is 0 Å². The molecule has 0 unspecified atom stereocenters. The summed E-state index contributed by atoms with van der Waals surface area (Å²) in [6, 6.07) is 0. The molecule has 0 atom stereocenters. The molecule has 37 heavy (non-hydrogen) atoms. The van der Waals surface area contributed by atoms with Gasteiger partial charge in [0.05, 0.1) is 0 Å². The Morgan fingerprint density at radius 1 is 0.297 bits per heavy atom. The zero-order valence-corrected chi connectivity index (χ0v) is 26.7. The lowest BCUT2D eigenvalue weighted by Gasteiger charge is -2.35. The van der Waals surface area contributed by atoms with E-state index in [1.54, 1.807) is 0 Å². The predicted molar refractivity (Wildman–Crippen MR) is 172 cm³/mol. The maximum Gasteiger partial charge on any atom is -0.00773 e. The van der Waals surface area contributed by atoms with Crippen LogP contribution >= 0.6 is 0 Å². The molecule has 0 aliphatic carbocycles. The highest BCUT2D eigenvalue weighted by Crippen LogP contribution is 2.42. The number of nitrogens with two attached hydrogens (primary N) is 1. The molecular weight excluding hydrogens is 446 g/mol. The van der Waals surface area contributed by atoms with E-state index in [2.05, 4.69) is 20.8 Å². The largest absolute Gasteiger partial charge is 0.330 e. The first-order valence-corrected chi connectivity index (χ1v) is 17.9. The minimum absolute atomic E-state index is 0.669. The van der Waals surface area contributed by atoms with Gasteiger partial charge in [0.2, 0.25) is 0 Å². The van der Waals surface area contributed by atoms with Gasteiger partial charge in [0.1, 0.15) is 0 Å². The molecule has 0 aromatic heterocycles. The third-order valence-electron chi connectivity index (χ3n) is 9.09. The van der Waals surface area contributed by atoms with Crippen molar-refractivity contribution in [2.24, 2.45) is 11.1 Å². The second-order valence-electron chi connectivity index (χ2n) is 12.8. The van der Waals surface area contributed by atoms with Gasteiger partial charge in [-0.1, -0.05) is 188 Å². The van der Waals surface area contributed by atoms with Crippen LogP contribution in [0.1, 0.15) is 220 Å². The molecule has 0 saturated carbocycles. The number of hydrogen-bond donors (Lipinski definition) is 1. The van der Waals surface area contributed by atoms with Crippen molar-refractivity contribution in [2.75, 3.05) is 6.54 Å². The van der Waals surface area contributed by atoms with Crippen molar-refractivity contribution in [3.05, 3.63) is 0 Å². The molecule has 0 amide bonds. The molecule has 224 valence electrons. The second-order valence-corrected chi connectivity index (χ2v) is 12.8. The Bertz CT molecular complexity index is 363. The molecular formula is C36H75N. The monoisotopic (exact) mass is 522 g/mol. The fraction of sp³-hybridized carbons (Fsp3) is 1.00. The molecule has 0 aliphatic heterocycles. The fourth-order valence-electron chi connectivity index (χ4n) is 6.47. The standard InChI is InChI=1S/C36H75N/c1-4-7-10-13-21-26-31-36(32-27-22-14-11-8-5-2,33-28-23-15-12-9-6-3)34-29-24-19-17-16-18-20-25-30-35-37/h4-35,37H2,1-3H3. The van der Waals surface area contributed by atoms with E-state index in [-0.39, 0.29) is 0 Å². The molecule has 0 rings (SSSR count). The molecule has 1 nitrogen and oxygen atoms in total. The van der Waals surface area contributed by atoms with Crippen LogP contribution in [0.4, 0.5) is 0 Å². The summed E-state index contributed by atoms with van der Waals surface area (Å²) in [5.74, 6) is 0. The first kappa shape index (κ1) is 37.0. The fourth-order valence-corrected chi connectivity index (χ4v) is 6.47. The molecule has 0 saturated heterocycles. The Morgan fingerprint density at radius 2 is 0.514 bits per heavy atom. The van der Waals surface area contributed by atoms with Gasteiger partial charge in [-0.05, 0) is 44.1 Å². The van der Waals surface area contributed by atoms with Gasteiger partial charge in [0, 0.05) is 0 Å². The van der Waals surface area contributed by atoms with Gasteiger partial charge in [0.25, 0.3) is 0 Å². The Kier molecular flexibility index (Phi) is 30.5. The minimum Gasteiger partial charge on any atom is -0.330 e. The van der Waals surface area contributed by atoms with E-state index in [9.17, 15) is 0 Å². The molecule has 0 fully saturated rings. The predicted octanol–water partition coefficient (Wildman–Crippen LogP) is 13.1. The quantitative estimate of drug-likeness (QED) is 0.0875. The van der Waals surface area contributed by atoms with Crippen molar-refractivity contribution in [3.63, 3.8) is 0 Å². The zero-order valence-electron chi connectivity index (χ0n) is 26.7. The lowest BCUT2D eigenvalue weighted by Crippen LogP contribution is -2.21. The van der Waals surface area contributed by atoms with E-state index in [1.807, 2.05) is 0 Å². The summed E-state index contributed by atoms with van der Waals surface area (Å²) >= 11 is 0. The minimum atomic E-state index is 0.669. The summed E-state index contributed by atoms with van der Waals surface area (Å²) in [5, 5.41) is 0. The van der Waals surface area contributed by atoms with Crippen LogP contribution in [-0.4, -0.2) is 6.54 Å². The molecule has 0 spiro atoms. The molecule has 2 N–H and O–H groups in total. The molecule has 0 aromatic carbocycles. The van der Waals surface area contributed by atoms with E-state index >= 15 is 0 Å². The summed E-state index contributed by atoms with van der Waals surface area (Å²) < 4.78 is 0. The van der Waals surface area contributed by atoms with Gasteiger partial charge < -0.3 is 5.73 Å². The summed E-state index contributed by atoms with van der Waals surface area (Å²) in [4.78, 5) is 0. The summed E-state index contributed by atoms with van der Waals surface area (Å²) in [6.45, 7) is 7.90. The first-order valence-electron chi connectivity index (χ1n) is 17.9. The maximum atomic E-state index is 5.63. The average Bonchev–Trinajstić information content (AvgIpc) is 2.91. The maximum absolute atomic E-state index is 5.63. The van der Waals surface area contributed by atoms with Crippen molar-refractivity contribution in [1.29, 1.82) is 0 Å². The third-order valence-corrected chi connectivity index (χ3v) is 9.09. The van der Waals surface area contributed by atoms with Crippen LogP contribution < -0.4 is 5.73 Å². The lowest BCUT2D eigenvalue weighted by atomic mass is 9.70. The number of unbranched alkanes of at least 4 members (excludes halogenated alkanes) is 23. The molecule has 1 heteroatoms. The Morgan fingerprint density at radius 3 is 0.757 bits per heavy atom. The highest BCUT2D eigenvalue weighted by molar-refractivity contribution is 4.80. The van der Waals surface area contributed by atoms with Crippen LogP contribution in [0.25, 0.3) is 0 Å². The van der Waals surface area contributed by atoms with E-state index in [0.717, 1.165) is 6.54 Å². The molecule has 0 aliphatic rings. The van der Waals surface area contributed by atoms with E-state index in [4.69, 9.17) is 5.73 Å². The molecule has 0 aromatic rings. The zero-order chi connectivity index (χ0) is 27.1. The van der Waals surface area contributed by atoms with Gasteiger partial charge in [-0.25, -0.2) is 0 Å². The van der Waals surface area contributed by atoms with E-state index in [1.165, 1.54) is 199 Å². The Hall–Kier alpha value is -0.0400. The van der Waals surface area contributed by atoms with Gasteiger partial charge in [-0.3, -0.25) is 0 Å². The normalized spacial score (nSPS) is 12.0. The highest BCUT2D eigenvalue weighted by Gasteiger charge is 2.28. The average molecular weight is 522 g/mol. The SMILES string of the molecule is CCCCCCCCC(CCCCCCCC)(CCCCCCCC)CCCCCCCCCCCN. The van der Waals surface area contributed by atoms with Crippen LogP contribution in [0, 0.1) is 5.41 Å².